The van der Waals surface area contributed by atoms with Crippen LogP contribution >= 0.6 is 0 Å². The van der Waals surface area contributed by atoms with Gasteiger partial charge < -0.3 is 13.7 Å². The Hall–Kier alpha value is -3.08. The number of imidazole rings is 1. The summed E-state index contributed by atoms with van der Waals surface area (Å²) in [6.45, 7) is 4.61. The zero-order valence-corrected chi connectivity index (χ0v) is 14.8. The number of rotatable bonds is 5. The van der Waals surface area contributed by atoms with E-state index < -0.39 is 0 Å². The zero-order valence-electron chi connectivity index (χ0n) is 14.8. The third-order valence-corrected chi connectivity index (χ3v) is 4.59. The normalized spacial score (nSPS) is 12.5. The van der Waals surface area contributed by atoms with Gasteiger partial charge in [-0.15, -0.1) is 0 Å². The Morgan fingerprint density at radius 1 is 1.23 bits per heavy atom. The first-order chi connectivity index (χ1) is 12.7. The lowest BCUT2D eigenvalue weighted by molar-refractivity contribution is 0.217. The van der Waals surface area contributed by atoms with Crippen molar-refractivity contribution in [3.63, 3.8) is 0 Å². The zero-order chi connectivity index (χ0) is 18.1. The highest BCUT2D eigenvalue weighted by atomic mass is 16.5. The third kappa shape index (κ3) is 2.86. The Kier molecular flexibility index (Phi) is 4.21. The van der Waals surface area contributed by atoms with Gasteiger partial charge in [0.25, 0.3) is 0 Å². The van der Waals surface area contributed by atoms with E-state index in [9.17, 15) is 4.79 Å². The van der Waals surface area contributed by atoms with E-state index in [2.05, 4.69) is 11.9 Å². The molecule has 4 rings (SSSR count). The molecule has 5 heteroatoms. The molecule has 26 heavy (non-hydrogen) atoms. The van der Waals surface area contributed by atoms with Gasteiger partial charge in [0.2, 0.25) is 5.43 Å². The molecule has 0 spiro atoms. The lowest BCUT2D eigenvalue weighted by Crippen LogP contribution is -2.12. The molecule has 0 saturated carbocycles. The van der Waals surface area contributed by atoms with Crippen molar-refractivity contribution in [3.8, 4) is 5.75 Å². The Labute approximate surface area is 150 Å². The number of hydrogen-bond donors (Lipinski definition) is 0. The molecule has 0 radical (unpaired) electrons. The first kappa shape index (κ1) is 16.4. The van der Waals surface area contributed by atoms with E-state index in [1.54, 1.807) is 18.6 Å². The number of fused-ring (bicyclic) bond motifs is 2. The van der Waals surface area contributed by atoms with Crippen molar-refractivity contribution in [1.29, 1.82) is 0 Å². The summed E-state index contributed by atoms with van der Waals surface area (Å²) in [4.78, 5) is 17.3. The van der Waals surface area contributed by atoms with Gasteiger partial charge in [0, 0.05) is 18.9 Å². The second-order valence-electron chi connectivity index (χ2n) is 6.43. The van der Waals surface area contributed by atoms with Crippen LogP contribution in [0.15, 0.2) is 64.3 Å². The monoisotopic (exact) mass is 348 g/mol. The van der Waals surface area contributed by atoms with Gasteiger partial charge in [-0.2, -0.15) is 0 Å². The second-order valence-corrected chi connectivity index (χ2v) is 6.43. The Morgan fingerprint density at radius 2 is 2.08 bits per heavy atom. The van der Waals surface area contributed by atoms with Crippen molar-refractivity contribution in [2.45, 2.75) is 32.9 Å². The number of hydrogen-bond acceptors (Lipinski definition) is 4. The van der Waals surface area contributed by atoms with Crippen LogP contribution in [0.1, 0.15) is 25.8 Å². The molecule has 132 valence electrons. The number of ether oxygens (including phenoxy) is 1. The molecule has 0 aliphatic carbocycles. The van der Waals surface area contributed by atoms with Crippen LogP contribution in [0.5, 0.6) is 5.75 Å². The van der Waals surface area contributed by atoms with Crippen molar-refractivity contribution in [2.24, 2.45) is 0 Å². The Morgan fingerprint density at radius 3 is 2.85 bits per heavy atom. The molecular formula is C21H20N2O3. The van der Waals surface area contributed by atoms with Gasteiger partial charge in [-0.05, 0) is 37.1 Å². The highest BCUT2D eigenvalue weighted by Gasteiger charge is 2.17. The number of nitrogens with zero attached hydrogens (tertiary/aromatic N) is 2. The molecule has 0 aliphatic rings. The van der Waals surface area contributed by atoms with Crippen LogP contribution in [0.2, 0.25) is 0 Å². The van der Waals surface area contributed by atoms with Gasteiger partial charge in [-0.25, -0.2) is 4.98 Å². The molecule has 0 fully saturated rings. The van der Waals surface area contributed by atoms with Gasteiger partial charge >= 0.3 is 0 Å². The van der Waals surface area contributed by atoms with Crippen LogP contribution in [0.4, 0.5) is 0 Å². The number of para-hydroxylation sites is 1. The molecule has 2 aromatic heterocycles. The predicted molar refractivity (Wildman–Crippen MR) is 102 cm³/mol. The summed E-state index contributed by atoms with van der Waals surface area (Å²) < 4.78 is 14.1. The molecule has 0 N–H and O–H groups in total. The average molecular weight is 348 g/mol. The quantitative estimate of drug-likeness (QED) is 0.503. The maximum absolute atomic E-state index is 13.2. The minimum atomic E-state index is -0.0356. The molecule has 0 saturated heterocycles. The summed E-state index contributed by atoms with van der Waals surface area (Å²) in [6, 6.07) is 11.1. The highest BCUT2D eigenvalue weighted by molar-refractivity contribution is 5.94. The fourth-order valence-electron chi connectivity index (χ4n) is 3.04. The van der Waals surface area contributed by atoms with Crippen molar-refractivity contribution in [2.75, 3.05) is 0 Å². The van der Waals surface area contributed by atoms with Crippen LogP contribution < -0.4 is 10.2 Å². The maximum atomic E-state index is 13.2. The van der Waals surface area contributed by atoms with Crippen LogP contribution in [-0.2, 0) is 6.54 Å². The largest absolute Gasteiger partial charge is 0.487 e. The van der Waals surface area contributed by atoms with Gasteiger partial charge in [0.15, 0.2) is 11.3 Å². The molecule has 4 aromatic rings. The average Bonchev–Trinajstić information content (AvgIpc) is 3.16. The van der Waals surface area contributed by atoms with Crippen molar-refractivity contribution in [1.82, 2.24) is 9.55 Å². The number of aromatic nitrogens is 2. The van der Waals surface area contributed by atoms with E-state index in [-0.39, 0.29) is 11.5 Å². The summed E-state index contributed by atoms with van der Waals surface area (Å²) in [5.41, 5.74) is 1.92. The molecule has 2 heterocycles. The van der Waals surface area contributed by atoms with Crippen LogP contribution in [0.3, 0.4) is 0 Å². The first-order valence-electron chi connectivity index (χ1n) is 8.77. The van der Waals surface area contributed by atoms with E-state index in [0.717, 1.165) is 12.0 Å². The van der Waals surface area contributed by atoms with E-state index in [0.29, 0.717) is 34.2 Å². The second kappa shape index (κ2) is 6.67. The van der Waals surface area contributed by atoms with E-state index >= 15 is 0 Å². The molecule has 1 unspecified atom stereocenters. The van der Waals surface area contributed by atoms with Crippen molar-refractivity contribution < 1.29 is 9.15 Å². The summed E-state index contributed by atoms with van der Waals surface area (Å²) in [7, 11) is 0. The molecule has 5 nitrogen and oxygen atoms in total. The smallest absolute Gasteiger partial charge is 0.201 e. The maximum Gasteiger partial charge on any atom is 0.201 e. The van der Waals surface area contributed by atoms with Gasteiger partial charge in [0.1, 0.15) is 5.58 Å². The van der Waals surface area contributed by atoms with E-state index in [1.165, 1.54) is 0 Å². The Bertz CT molecular complexity index is 1110. The van der Waals surface area contributed by atoms with E-state index in [4.69, 9.17) is 9.15 Å². The van der Waals surface area contributed by atoms with Gasteiger partial charge in [-0.3, -0.25) is 4.79 Å². The summed E-state index contributed by atoms with van der Waals surface area (Å²) in [5, 5.41) is 1.14. The molecule has 1 atom stereocenters. The third-order valence-electron chi connectivity index (χ3n) is 4.59. The summed E-state index contributed by atoms with van der Waals surface area (Å²) in [5.74, 6) is 0.603. The lowest BCUT2D eigenvalue weighted by atomic mass is 10.1. The molecular weight excluding hydrogens is 328 g/mol. The Balaban J connectivity index is 1.99. The fraction of sp³-hybridized carbons (Fsp3) is 0.238. The standard InChI is InChI=1S/C21H20N2O3/c1-3-14(2)25-18-9-8-15(12-23-11-10-22-13-23)19-20(24)16-6-4-5-7-17(16)26-21(18)19/h4-11,13-14H,3,12H2,1-2H3. The fourth-order valence-corrected chi connectivity index (χ4v) is 3.04. The SMILES string of the molecule is CCC(C)Oc1ccc(Cn2ccnc2)c2c(=O)c3ccccc3oc12. The molecule has 0 aliphatic heterocycles. The summed E-state index contributed by atoms with van der Waals surface area (Å²) in [6.07, 6.45) is 6.24. The highest BCUT2D eigenvalue weighted by Crippen LogP contribution is 2.31. The minimum absolute atomic E-state index is 0.0356. The van der Waals surface area contributed by atoms with Crippen LogP contribution in [0.25, 0.3) is 21.9 Å². The number of benzene rings is 2. The van der Waals surface area contributed by atoms with Gasteiger partial charge in [-0.1, -0.05) is 25.1 Å². The first-order valence-corrected chi connectivity index (χ1v) is 8.77. The minimum Gasteiger partial charge on any atom is -0.487 e. The van der Waals surface area contributed by atoms with E-state index in [1.807, 2.05) is 48.0 Å². The lowest BCUT2D eigenvalue weighted by Gasteiger charge is -2.16. The molecule has 2 aromatic carbocycles. The van der Waals surface area contributed by atoms with Gasteiger partial charge in [0.05, 0.1) is 23.2 Å². The predicted octanol–water partition coefficient (Wildman–Crippen LogP) is 4.37. The molecule has 0 bridgehead atoms. The summed E-state index contributed by atoms with van der Waals surface area (Å²) >= 11 is 0. The van der Waals surface area contributed by atoms with Crippen LogP contribution in [-0.4, -0.2) is 15.7 Å². The van der Waals surface area contributed by atoms with Crippen LogP contribution in [0, 0.1) is 0 Å². The topological polar surface area (TPSA) is 57.3 Å². The van der Waals surface area contributed by atoms with Crippen molar-refractivity contribution >= 4 is 21.9 Å². The molecule has 0 amide bonds. The van der Waals surface area contributed by atoms with Crippen molar-refractivity contribution in [3.05, 3.63) is 70.9 Å².